The third-order valence-corrected chi connectivity index (χ3v) is 2.42. The monoisotopic (exact) mass is 178 g/mol. The van der Waals surface area contributed by atoms with Gasteiger partial charge in [0.05, 0.1) is 0 Å². The molecule has 0 saturated heterocycles. The van der Waals surface area contributed by atoms with E-state index in [2.05, 4.69) is 33.1 Å². The summed E-state index contributed by atoms with van der Waals surface area (Å²) in [6.45, 7) is 12.0. The second-order valence-corrected chi connectivity index (χ2v) is 3.35. The molecule has 0 spiro atoms. The zero-order chi connectivity index (χ0) is 10.1. The minimum Gasteiger partial charge on any atom is -0.0991 e. The lowest BCUT2D eigenvalue weighted by atomic mass is 9.91. The van der Waals surface area contributed by atoms with E-state index in [-0.39, 0.29) is 0 Å². The van der Waals surface area contributed by atoms with Crippen LogP contribution in [0.1, 0.15) is 39.5 Å². The van der Waals surface area contributed by atoms with Gasteiger partial charge in [-0.05, 0) is 24.3 Å². The first-order chi connectivity index (χ1) is 6.29. The van der Waals surface area contributed by atoms with E-state index in [9.17, 15) is 0 Å². The highest BCUT2D eigenvalue weighted by Gasteiger charge is 2.07. The molecule has 0 amide bonds. The Morgan fingerprint density at radius 3 is 2.38 bits per heavy atom. The Kier molecular flexibility index (Phi) is 7.38. The van der Waals surface area contributed by atoms with Gasteiger partial charge in [-0.3, -0.25) is 0 Å². The van der Waals surface area contributed by atoms with Crippen LogP contribution in [0.4, 0.5) is 0 Å². The van der Waals surface area contributed by atoms with Crippen molar-refractivity contribution in [1.82, 2.24) is 0 Å². The SMILES string of the molecule is C=C/C=C(\C=C)C(CC)CCCC. The minimum absolute atomic E-state index is 0.676. The molecule has 0 rings (SSSR count). The molecule has 0 aromatic rings. The van der Waals surface area contributed by atoms with Crippen molar-refractivity contribution in [3.05, 3.63) is 37.0 Å². The zero-order valence-electron chi connectivity index (χ0n) is 9.05. The van der Waals surface area contributed by atoms with Crippen molar-refractivity contribution >= 4 is 0 Å². The molecular weight excluding hydrogens is 156 g/mol. The van der Waals surface area contributed by atoms with E-state index < -0.39 is 0 Å². The molecule has 0 N–H and O–H groups in total. The van der Waals surface area contributed by atoms with E-state index in [1.54, 1.807) is 0 Å². The van der Waals surface area contributed by atoms with Gasteiger partial charge in [-0.15, -0.1) is 0 Å². The fourth-order valence-electron chi connectivity index (χ4n) is 1.56. The molecule has 1 atom stereocenters. The van der Waals surface area contributed by atoms with E-state index in [0.29, 0.717) is 5.92 Å². The maximum atomic E-state index is 3.84. The molecule has 0 nitrogen and oxygen atoms in total. The van der Waals surface area contributed by atoms with E-state index >= 15 is 0 Å². The van der Waals surface area contributed by atoms with Crippen molar-refractivity contribution < 1.29 is 0 Å². The van der Waals surface area contributed by atoms with Gasteiger partial charge in [0.1, 0.15) is 0 Å². The summed E-state index contributed by atoms with van der Waals surface area (Å²) in [5, 5.41) is 0. The lowest BCUT2D eigenvalue weighted by Gasteiger charge is -2.15. The summed E-state index contributed by atoms with van der Waals surface area (Å²) >= 11 is 0. The normalized spacial score (nSPS) is 13.8. The highest BCUT2D eigenvalue weighted by Crippen LogP contribution is 2.22. The number of hydrogen-bond acceptors (Lipinski definition) is 0. The van der Waals surface area contributed by atoms with Crippen LogP contribution in [0.5, 0.6) is 0 Å². The predicted molar refractivity (Wildman–Crippen MR) is 61.8 cm³/mol. The van der Waals surface area contributed by atoms with Crippen molar-refractivity contribution in [2.75, 3.05) is 0 Å². The van der Waals surface area contributed by atoms with Crippen molar-refractivity contribution in [3.63, 3.8) is 0 Å². The molecule has 0 heterocycles. The quantitative estimate of drug-likeness (QED) is 0.503. The first-order valence-electron chi connectivity index (χ1n) is 5.25. The molecule has 1 unspecified atom stereocenters. The van der Waals surface area contributed by atoms with E-state index in [1.807, 2.05) is 12.2 Å². The first kappa shape index (κ1) is 12.2. The Morgan fingerprint density at radius 1 is 1.31 bits per heavy atom. The Bertz CT molecular complexity index is 174. The van der Waals surface area contributed by atoms with Gasteiger partial charge in [0.2, 0.25) is 0 Å². The lowest BCUT2D eigenvalue weighted by molar-refractivity contribution is 0.523. The summed E-state index contributed by atoms with van der Waals surface area (Å²) in [5.41, 5.74) is 1.34. The summed E-state index contributed by atoms with van der Waals surface area (Å²) in [7, 11) is 0. The third-order valence-electron chi connectivity index (χ3n) is 2.42. The summed E-state index contributed by atoms with van der Waals surface area (Å²) in [5.74, 6) is 0.676. The second-order valence-electron chi connectivity index (χ2n) is 3.35. The molecule has 0 aromatic heterocycles. The van der Waals surface area contributed by atoms with Crippen molar-refractivity contribution in [3.8, 4) is 0 Å². The number of hydrogen-bond donors (Lipinski definition) is 0. The highest BCUT2D eigenvalue weighted by molar-refractivity contribution is 5.23. The van der Waals surface area contributed by atoms with Crippen LogP contribution in [0.25, 0.3) is 0 Å². The maximum Gasteiger partial charge on any atom is -0.0165 e. The summed E-state index contributed by atoms with van der Waals surface area (Å²) in [4.78, 5) is 0. The van der Waals surface area contributed by atoms with Gasteiger partial charge in [-0.1, -0.05) is 58.1 Å². The van der Waals surface area contributed by atoms with Gasteiger partial charge in [0.25, 0.3) is 0 Å². The average molecular weight is 178 g/mol. The van der Waals surface area contributed by atoms with Crippen molar-refractivity contribution in [1.29, 1.82) is 0 Å². The highest BCUT2D eigenvalue weighted by atomic mass is 14.1. The summed E-state index contributed by atoms with van der Waals surface area (Å²) in [6, 6.07) is 0. The minimum atomic E-state index is 0.676. The Hall–Kier alpha value is -0.780. The van der Waals surface area contributed by atoms with Crippen LogP contribution in [0.15, 0.2) is 37.0 Å². The van der Waals surface area contributed by atoms with Crippen LogP contribution in [0, 0.1) is 5.92 Å². The van der Waals surface area contributed by atoms with Gasteiger partial charge in [0.15, 0.2) is 0 Å². The fraction of sp³-hybridized carbons (Fsp3) is 0.538. The van der Waals surface area contributed by atoms with Crippen LogP contribution >= 0.6 is 0 Å². The molecule has 0 heteroatoms. The summed E-state index contributed by atoms with van der Waals surface area (Å²) < 4.78 is 0. The van der Waals surface area contributed by atoms with Crippen molar-refractivity contribution in [2.45, 2.75) is 39.5 Å². The third kappa shape index (κ3) is 4.72. The Morgan fingerprint density at radius 2 is 2.00 bits per heavy atom. The lowest BCUT2D eigenvalue weighted by Crippen LogP contribution is -2.00. The standard InChI is InChI=1S/C13H22/c1-5-9-11-13(8-4)12(7-3)10-6-2/h6-7,10,13H,2-3,5,8-9,11H2,1,4H3/b12-10+. The molecule has 0 aromatic carbocycles. The van der Waals surface area contributed by atoms with Gasteiger partial charge < -0.3 is 0 Å². The van der Waals surface area contributed by atoms with Crippen LogP contribution in [0.3, 0.4) is 0 Å². The van der Waals surface area contributed by atoms with E-state index in [0.717, 1.165) is 0 Å². The van der Waals surface area contributed by atoms with Crippen LogP contribution in [-0.2, 0) is 0 Å². The van der Waals surface area contributed by atoms with Crippen LogP contribution in [0.2, 0.25) is 0 Å². The molecule has 13 heavy (non-hydrogen) atoms. The molecule has 0 fully saturated rings. The molecule has 74 valence electrons. The summed E-state index contributed by atoms with van der Waals surface area (Å²) in [6.07, 6.45) is 11.0. The molecule has 0 aliphatic carbocycles. The topological polar surface area (TPSA) is 0 Å². The predicted octanol–water partition coefficient (Wildman–Crippen LogP) is 4.50. The average Bonchev–Trinajstić information content (AvgIpc) is 2.17. The molecule has 0 bridgehead atoms. The van der Waals surface area contributed by atoms with Gasteiger partial charge >= 0.3 is 0 Å². The number of unbranched alkanes of at least 4 members (excludes halogenated alkanes) is 1. The van der Waals surface area contributed by atoms with Crippen LogP contribution < -0.4 is 0 Å². The Labute approximate surface area is 83.0 Å². The fourth-order valence-corrected chi connectivity index (χ4v) is 1.56. The van der Waals surface area contributed by atoms with E-state index in [1.165, 1.54) is 31.3 Å². The van der Waals surface area contributed by atoms with Crippen molar-refractivity contribution in [2.24, 2.45) is 5.92 Å². The van der Waals surface area contributed by atoms with Crippen LogP contribution in [-0.4, -0.2) is 0 Å². The zero-order valence-corrected chi connectivity index (χ0v) is 9.05. The maximum absolute atomic E-state index is 3.84. The van der Waals surface area contributed by atoms with E-state index in [4.69, 9.17) is 0 Å². The largest absolute Gasteiger partial charge is 0.0991 e. The number of allylic oxidation sites excluding steroid dienone is 4. The molecule has 0 aliphatic heterocycles. The second kappa shape index (κ2) is 7.85. The molecular formula is C13H22. The van der Waals surface area contributed by atoms with Gasteiger partial charge in [-0.2, -0.15) is 0 Å². The Balaban J connectivity index is 4.24. The molecule has 0 saturated carbocycles. The smallest absolute Gasteiger partial charge is 0.0165 e. The molecule has 0 aliphatic rings. The first-order valence-corrected chi connectivity index (χ1v) is 5.25. The number of rotatable bonds is 7. The van der Waals surface area contributed by atoms with Gasteiger partial charge in [0, 0.05) is 0 Å². The van der Waals surface area contributed by atoms with Gasteiger partial charge in [-0.25, -0.2) is 0 Å². The molecule has 0 radical (unpaired) electrons.